The molecule has 2 aliphatic rings. The van der Waals surface area contributed by atoms with Crippen LogP contribution < -0.4 is 4.74 Å². The van der Waals surface area contributed by atoms with E-state index < -0.39 is 5.60 Å². The molecule has 1 fully saturated rings. The Morgan fingerprint density at radius 1 is 1.03 bits per heavy atom. The highest BCUT2D eigenvalue weighted by Crippen LogP contribution is 2.38. The van der Waals surface area contributed by atoms with Gasteiger partial charge in [-0.2, -0.15) is 0 Å². The molecule has 3 atom stereocenters. The van der Waals surface area contributed by atoms with Crippen LogP contribution in [0.15, 0.2) is 48.6 Å². The van der Waals surface area contributed by atoms with Crippen molar-refractivity contribution in [3.05, 3.63) is 54.1 Å². The van der Waals surface area contributed by atoms with Crippen LogP contribution in [-0.4, -0.2) is 66.4 Å². The molecule has 4 nitrogen and oxygen atoms in total. The first-order valence-electron chi connectivity index (χ1n) is 12.3. The first-order valence-corrected chi connectivity index (χ1v) is 12.3. The summed E-state index contributed by atoms with van der Waals surface area (Å²) >= 11 is 0. The van der Waals surface area contributed by atoms with E-state index in [0.717, 1.165) is 77.0 Å². The molecule has 1 saturated heterocycles. The number of allylic oxidation sites excluding steroid dienone is 2. The van der Waals surface area contributed by atoms with E-state index in [9.17, 15) is 5.11 Å². The second kappa shape index (κ2) is 11.8. The maximum atomic E-state index is 11.9. The van der Waals surface area contributed by atoms with E-state index in [1.165, 1.54) is 5.56 Å². The minimum atomic E-state index is -0.659. The molecule has 0 amide bonds. The molecule has 4 heteroatoms. The summed E-state index contributed by atoms with van der Waals surface area (Å²) < 4.78 is 6.13. The molecule has 172 valence electrons. The molecule has 1 aliphatic heterocycles. The largest absolute Gasteiger partial charge is 0.486 e. The number of hydrogen-bond donors (Lipinski definition) is 1. The first kappa shape index (κ1) is 24.0. The zero-order chi connectivity index (χ0) is 22.1. The smallest absolute Gasteiger partial charge is 0.121 e. The van der Waals surface area contributed by atoms with E-state index in [1.54, 1.807) is 0 Å². The maximum Gasteiger partial charge on any atom is 0.121 e. The lowest BCUT2D eigenvalue weighted by molar-refractivity contribution is -0.0210. The zero-order valence-corrected chi connectivity index (χ0v) is 19.8. The molecule has 0 radical (unpaired) electrons. The van der Waals surface area contributed by atoms with Crippen molar-refractivity contribution < 1.29 is 9.84 Å². The van der Waals surface area contributed by atoms with Gasteiger partial charge in [-0.25, -0.2) is 0 Å². The SMILES string of the molecule is CCCCC(O)(CCC)C(CN1CCN(C)CC1)c1ccc(OC2C=CC=CC2)cc1. The summed E-state index contributed by atoms with van der Waals surface area (Å²) in [6.45, 7) is 9.67. The van der Waals surface area contributed by atoms with Gasteiger partial charge < -0.3 is 19.6 Å². The van der Waals surface area contributed by atoms with Gasteiger partial charge in [0, 0.05) is 45.1 Å². The van der Waals surface area contributed by atoms with Crippen LogP contribution in [0.3, 0.4) is 0 Å². The second-order valence-corrected chi connectivity index (χ2v) is 9.39. The van der Waals surface area contributed by atoms with Crippen LogP contribution in [0.25, 0.3) is 0 Å². The van der Waals surface area contributed by atoms with E-state index in [2.05, 4.69) is 73.2 Å². The molecule has 1 aliphatic carbocycles. The maximum absolute atomic E-state index is 11.9. The van der Waals surface area contributed by atoms with Gasteiger partial charge in [-0.15, -0.1) is 0 Å². The van der Waals surface area contributed by atoms with Gasteiger partial charge in [0.2, 0.25) is 0 Å². The Morgan fingerprint density at radius 3 is 2.39 bits per heavy atom. The first-order chi connectivity index (χ1) is 15.0. The molecule has 0 spiro atoms. The quantitative estimate of drug-likeness (QED) is 0.540. The molecular weight excluding hydrogens is 384 g/mol. The van der Waals surface area contributed by atoms with Crippen molar-refractivity contribution >= 4 is 0 Å². The van der Waals surface area contributed by atoms with Gasteiger partial charge in [0.05, 0.1) is 5.60 Å². The highest BCUT2D eigenvalue weighted by Gasteiger charge is 2.37. The summed E-state index contributed by atoms with van der Waals surface area (Å²) in [5, 5.41) is 11.9. The Bertz CT molecular complexity index is 706. The van der Waals surface area contributed by atoms with Crippen molar-refractivity contribution in [2.24, 2.45) is 0 Å². The number of likely N-dealkylation sites (N-methyl/N-ethyl adjacent to an activating group) is 1. The normalized spacial score (nSPS) is 22.9. The Hall–Kier alpha value is -1.62. The fourth-order valence-electron chi connectivity index (χ4n) is 4.86. The lowest BCUT2D eigenvalue weighted by Crippen LogP contribution is -2.49. The van der Waals surface area contributed by atoms with Crippen molar-refractivity contribution in [1.82, 2.24) is 9.80 Å². The predicted octanol–water partition coefficient (Wildman–Crippen LogP) is 5.00. The Kier molecular flexibility index (Phi) is 9.18. The van der Waals surface area contributed by atoms with Crippen molar-refractivity contribution in [3.8, 4) is 5.75 Å². The number of hydrogen-bond acceptors (Lipinski definition) is 4. The van der Waals surface area contributed by atoms with Gasteiger partial charge in [0.25, 0.3) is 0 Å². The Balaban J connectivity index is 1.78. The molecular formula is C27H42N2O2. The number of unbranched alkanes of at least 4 members (excludes halogenated alkanes) is 1. The molecule has 1 N–H and O–H groups in total. The summed E-state index contributed by atoms with van der Waals surface area (Å²) in [4.78, 5) is 4.93. The predicted molar refractivity (Wildman–Crippen MR) is 130 cm³/mol. The lowest BCUT2D eigenvalue weighted by atomic mass is 9.75. The fraction of sp³-hybridized carbons (Fsp3) is 0.630. The number of nitrogens with zero attached hydrogens (tertiary/aromatic N) is 2. The van der Waals surface area contributed by atoms with Crippen LogP contribution in [-0.2, 0) is 0 Å². The lowest BCUT2D eigenvalue weighted by Gasteiger charge is -2.42. The zero-order valence-electron chi connectivity index (χ0n) is 19.8. The Morgan fingerprint density at radius 2 is 1.77 bits per heavy atom. The number of ether oxygens (including phenoxy) is 1. The van der Waals surface area contributed by atoms with Gasteiger partial charge in [0.1, 0.15) is 11.9 Å². The molecule has 3 unspecified atom stereocenters. The molecule has 0 saturated carbocycles. The van der Waals surface area contributed by atoms with E-state index in [-0.39, 0.29) is 12.0 Å². The third kappa shape index (κ3) is 6.93. The molecule has 31 heavy (non-hydrogen) atoms. The molecule has 1 aromatic rings. The third-order valence-corrected chi connectivity index (χ3v) is 6.84. The summed E-state index contributed by atoms with van der Waals surface area (Å²) in [7, 11) is 2.19. The molecule has 1 heterocycles. The van der Waals surface area contributed by atoms with Crippen LogP contribution in [0.1, 0.15) is 63.9 Å². The van der Waals surface area contributed by atoms with E-state index in [4.69, 9.17) is 4.74 Å². The topological polar surface area (TPSA) is 35.9 Å². The van der Waals surface area contributed by atoms with E-state index >= 15 is 0 Å². The number of piperazine rings is 1. The number of benzene rings is 1. The average molecular weight is 427 g/mol. The van der Waals surface area contributed by atoms with Crippen molar-refractivity contribution in [1.29, 1.82) is 0 Å². The van der Waals surface area contributed by atoms with Crippen molar-refractivity contribution in [2.45, 2.75) is 70.0 Å². The van der Waals surface area contributed by atoms with Gasteiger partial charge in [-0.1, -0.05) is 63.5 Å². The van der Waals surface area contributed by atoms with Gasteiger partial charge >= 0.3 is 0 Å². The minimum Gasteiger partial charge on any atom is -0.486 e. The fourth-order valence-corrected chi connectivity index (χ4v) is 4.86. The number of rotatable bonds is 11. The van der Waals surface area contributed by atoms with Gasteiger partial charge in [-0.3, -0.25) is 0 Å². The third-order valence-electron chi connectivity index (χ3n) is 6.84. The second-order valence-electron chi connectivity index (χ2n) is 9.39. The standard InChI is InChI=1S/C27H42N2O2/c1-4-6-17-27(30,16-5-2)26(22-29-20-18-28(3)19-21-29)23-12-14-25(15-13-23)31-24-10-8-7-9-11-24/h7-10,12-15,24,26,30H,4-6,11,16-22H2,1-3H3. The summed E-state index contributed by atoms with van der Waals surface area (Å²) in [5.74, 6) is 1.02. The van der Waals surface area contributed by atoms with Crippen molar-refractivity contribution in [2.75, 3.05) is 39.8 Å². The Labute approximate surface area is 189 Å². The summed E-state index contributed by atoms with van der Waals surface area (Å²) in [5.41, 5.74) is 0.574. The molecule has 1 aromatic carbocycles. The van der Waals surface area contributed by atoms with Crippen LogP contribution >= 0.6 is 0 Å². The highest BCUT2D eigenvalue weighted by atomic mass is 16.5. The monoisotopic (exact) mass is 426 g/mol. The van der Waals surface area contributed by atoms with Crippen LogP contribution in [0.4, 0.5) is 0 Å². The average Bonchev–Trinajstić information content (AvgIpc) is 2.79. The summed E-state index contributed by atoms with van der Waals surface area (Å²) in [6.07, 6.45) is 14.3. The molecule has 3 rings (SSSR count). The van der Waals surface area contributed by atoms with E-state index in [1.807, 2.05) is 6.08 Å². The molecule has 0 aromatic heterocycles. The van der Waals surface area contributed by atoms with Crippen LogP contribution in [0.5, 0.6) is 5.75 Å². The highest BCUT2D eigenvalue weighted by molar-refractivity contribution is 5.32. The van der Waals surface area contributed by atoms with Gasteiger partial charge in [0.15, 0.2) is 0 Å². The minimum absolute atomic E-state index is 0.110. The van der Waals surface area contributed by atoms with E-state index in [0.29, 0.717) is 0 Å². The van der Waals surface area contributed by atoms with Crippen LogP contribution in [0, 0.1) is 0 Å². The van der Waals surface area contributed by atoms with Crippen LogP contribution in [0.2, 0.25) is 0 Å². The number of aliphatic hydroxyl groups is 1. The van der Waals surface area contributed by atoms with Gasteiger partial charge in [-0.05, 0) is 43.7 Å². The molecule has 0 bridgehead atoms. The van der Waals surface area contributed by atoms with Crippen molar-refractivity contribution in [3.63, 3.8) is 0 Å². The summed E-state index contributed by atoms with van der Waals surface area (Å²) in [6, 6.07) is 8.55.